The van der Waals surface area contributed by atoms with Crippen LogP contribution < -0.4 is 16.4 Å². The number of sulfone groups is 1. The highest BCUT2D eigenvalue weighted by Gasteiger charge is 2.19. The average Bonchev–Trinajstić information content (AvgIpc) is 2.69. The van der Waals surface area contributed by atoms with Gasteiger partial charge >= 0.3 is 0 Å². The van der Waals surface area contributed by atoms with Gasteiger partial charge in [-0.3, -0.25) is 4.79 Å². The summed E-state index contributed by atoms with van der Waals surface area (Å²) < 4.78 is 23.0. The third-order valence-corrected chi connectivity index (χ3v) is 5.65. The lowest BCUT2D eigenvalue weighted by molar-refractivity contribution is 0.0946. The number of anilines is 2. The highest BCUT2D eigenvalue weighted by molar-refractivity contribution is 7.90. The molecule has 0 unspecified atom stereocenters. The Morgan fingerprint density at radius 1 is 1.30 bits per heavy atom. The van der Waals surface area contributed by atoms with Crippen molar-refractivity contribution in [3.63, 3.8) is 0 Å². The molecule has 0 aliphatic rings. The fourth-order valence-corrected chi connectivity index (χ4v) is 3.26. The molecule has 2 aromatic rings. The summed E-state index contributed by atoms with van der Waals surface area (Å²) >= 11 is 0. The summed E-state index contributed by atoms with van der Waals surface area (Å²) in [4.78, 5) is 17.0. The highest BCUT2D eigenvalue weighted by atomic mass is 32.2. The summed E-state index contributed by atoms with van der Waals surface area (Å²) in [7, 11) is -3.29. The third kappa shape index (κ3) is 5.68. The summed E-state index contributed by atoms with van der Waals surface area (Å²) in [6.45, 7) is 3.77. The van der Waals surface area contributed by atoms with Crippen LogP contribution in [0.2, 0.25) is 0 Å². The molecule has 9 nitrogen and oxygen atoms in total. The smallest absolute Gasteiger partial charge is 0.270 e. The highest BCUT2D eigenvalue weighted by Crippen LogP contribution is 2.22. The Morgan fingerprint density at radius 3 is 2.43 bits per heavy atom. The Labute approximate surface area is 175 Å². The van der Waals surface area contributed by atoms with Crippen LogP contribution in [0.25, 0.3) is 0 Å². The summed E-state index contributed by atoms with van der Waals surface area (Å²) in [5, 5.41) is 24.6. The summed E-state index contributed by atoms with van der Waals surface area (Å²) in [6, 6.07) is 9.07. The molecule has 0 saturated heterocycles. The second-order valence-corrected chi connectivity index (χ2v) is 9.22. The molecule has 1 amide bonds. The molecule has 0 saturated carbocycles. The van der Waals surface area contributed by atoms with E-state index in [0.29, 0.717) is 5.56 Å². The van der Waals surface area contributed by atoms with Crippen LogP contribution in [0.5, 0.6) is 0 Å². The first-order valence-corrected chi connectivity index (χ1v) is 11.1. The van der Waals surface area contributed by atoms with Gasteiger partial charge in [-0.05, 0) is 29.7 Å². The van der Waals surface area contributed by atoms with Crippen LogP contribution in [0.1, 0.15) is 35.5 Å². The SMILES string of the molecule is CC(C)[C@@H](CO)Nc1nc(C(=O)NCc2ccc(S(C)(=O)=O)cc2)cc(N)c1C#N. The number of pyridine rings is 1. The standard InChI is InChI=1S/C20H25N5O4S/c1-12(2)18(11-26)25-19-15(9-21)16(22)8-17(24-19)20(27)23-10-13-4-6-14(7-5-13)30(3,28)29/h4-8,12,18,26H,10-11H2,1-3H3,(H,23,27)(H3,22,24,25)/t18-/m1/s1. The van der Waals surface area contributed by atoms with Crippen molar-refractivity contribution in [2.24, 2.45) is 5.92 Å². The van der Waals surface area contributed by atoms with Gasteiger partial charge in [0.1, 0.15) is 23.1 Å². The Morgan fingerprint density at radius 2 is 1.93 bits per heavy atom. The zero-order chi connectivity index (χ0) is 22.5. The molecule has 0 aliphatic carbocycles. The average molecular weight is 432 g/mol. The van der Waals surface area contributed by atoms with E-state index >= 15 is 0 Å². The molecule has 160 valence electrons. The predicted octanol–water partition coefficient (Wildman–Crippen LogP) is 1.30. The molecule has 0 bridgehead atoms. The Kier molecular flexibility index (Phi) is 7.37. The molecule has 10 heteroatoms. The predicted molar refractivity (Wildman–Crippen MR) is 113 cm³/mol. The maximum Gasteiger partial charge on any atom is 0.270 e. The maximum atomic E-state index is 12.6. The van der Waals surface area contributed by atoms with Gasteiger partial charge in [-0.25, -0.2) is 13.4 Å². The lowest BCUT2D eigenvalue weighted by Gasteiger charge is -2.22. The van der Waals surface area contributed by atoms with E-state index in [9.17, 15) is 23.6 Å². The molecular formula is C20H25N5O4S. The topological polar surface area (TPSA) is 158 Å². The quantitative estimate of drug-likeness (QED) is 0.487. The number of nitriles is 1. The van der Waals surface area contributed by atoms with Crippen molar-refractivity contribution in [1.29, 1.82) is 5.26 Å². The van der Waals surface area contributed by atoms with Gasteiger partial charge < -0.3 is 21.5 Å². The summed E-state index contributed by atoms with van der Waals surface area (Å²) in [5.74, 6) is -0.323. The van der Waals surface area contributed by atoms with Gasteiger partial charge in [0, 0.05) is 12.8 Å². The van der Waals surface area contributed by atoms with E-state index in [0.717, 1.165) is 6.26 Å². The van der Waals surface area contributed by atoms with Crippen molar-refractivity contribution >= 4 is 27.2 Å². The minimum absolute atomic E-state index is 0.0159. The van der Waals surface area contributed by atoms with E-state index < -0.39 is 15.7 Å². The summed E-state index contributed by atoms with van der Waals surface area (Å²) in [5.41, 5.74) is 6.84. The van der Waals surface area contributed by atoms with E-state index in [-0.39, 0.29) is 52.8 Å². The normalized spacial score (nSPS) is 12.3. The van der Waals surface area contributed by atoms with Crippen molar-refractivity contribution in [3.05, 3.63) is 47.2 Å². The van der Waals surface area contributed by atoms with Crippen molar-refractivity contribution in [1.82, 2.24) is 10.3 Å². The zero-order valence-electron chi connectivity index (χ0n) is 17.0. The van der Waals surface area contributed by atoms with Crippen LogP contribution >= 0.6 is 0 Å². The number of nitrogen functional groups attached to an aromatic ring is 1. The van der Waals surface area contributed by atoms with Gasteiger partial charge in [-0.2, -0.15) is 5.26 Å². The zero-order valence-corrected chi connectivity index (χ0v) is 17.8. The van der Waals surface area contributed by atoms with Gasteiger partial charge in [-0.15, -0.1) is 0 Å². The number of nitrogens with one attached hydrogen (secondary N) is 2. The van der Waals surface area contributed by atoms with Crippen molar-refractivity contribution in [2.45, 2.75) is 31.3 Å². The largest absolute Gasteiger partial charge is 0.397 e. The number of aliphatic hydroxyl groups excluding tert-OH is 1. The van der Waals surface area contributed by atoms with E-state index in [1.165, 1.54) is 18.2 Å². The van der Waals surface area contributed by atoms with Crippen LogP contribution in [0.4, 0.5) is 11.5 Å². The molecule has 2 rings (SSSR count). The van der Waals surface area contributed by atoms with Gasteiger partial charge in [0.05, 0.1) is 23.2 Å². The maximum absolute atomic E-state index is 12.6. The van der Waals surface area contributed by atoms with Crippen LogP contribution in [0.3, 0.4) is 0 Å². The molecule has 5 N–H and O–H groups in total. The van der Waals surface area contributed by atoms with Gasteiger partial charge in [0.15, 0.2) is 9.84 Å². The number of rotatable bonds is 8. The van der Waals surface area contributed by atoms with E-state index in [1.807, 2.05) is 19.9 Å². The second-order valence-electron chi connectivity index (χ2n) is 7.21. The van der Waals surface area contributed by atoms with Crippen LogP contribution in [-0.4, -0.2) is 43.3 Å². The number of hydrogen-bond acceptors (Lipinski definition) is 8. The molecule has 0 radical (unpaired) electrons. The molecule has 0 spiro atoms. The molecule has 0 aliphatic heterocycles. The molecule has 30 heavy (non-hydrogen) atoms. The summed E-state index contributed by atoms with van der Waals surface area (Å²) in [6.07, 6.45) is 1.12. The lowest BCUT2D eigenvalue weighted by Crippen LogP contribution is -2.31. The first kappa shape index (κ1) is 23.1. The second kappa shape index (κ2) is 9.56. The van der Waals surface area contributed by atoms with Crippen LogP contribution in [0.15, 0.2) is 35.2 Å². The van der Waals surface area contributed by atoms with Crippen molar-refractivity contribution < 1.29 is 18.3 Å². The number of benzene rings is 1. The van der Waals surface area contributed by atoms with E-state index in [2.05, 4.69) is 15.6 Å². The van der Waals surface area contributed by atoms with E-state index in [1.54, 1.807) is 12.1 Å². The first-order chi connectivity index (χ1) is 14.1. The van der Waals surface area contributed by atoms with Gasteiger partial charge in [-0.1, -0.05) is 26.0 Å². The minimum atomic E-state index is -3.29. The number of nitrogens with zero attached hydrogens (tertiary/aromatic N) is 2. The number of aromatic nitrogens is 1. The fourth-order valence-electron chi connectivity index (χ4n) is 2.63. The monoisotopic (exact) mass is 431 g/mol. The number of amides is 1. The number of nitrogens with two attached hydrogens (primary N) is 1. The molecule has 1 aromatic carbocycles. The molecule has 1 aromatic heterocycles. The van der Waals surface area contributed by atoms with Crippen molar-refractivity contribution in [2.75, 3.05) is 23.9 Å². The molecule has 0 fully saturated rings. The Bertz CT molecular complexity index is 1060. The van der Waals surface area contributed by atoms with Crippen LogP contribution in [0, 0.1) is 17.2 Å². The fraction of sp³-hybridized carbons (Fsp3) is 0.350. The van der Waals surface area contributed by atoms with Crippen LogP contribution in [-0.2, 0) is 16.4 Å². The number of carbonyl (C=O) groups excluding carboxylic acids is 1. The van der Waals surface area contributed by atoms with Gasteiger partial charge in [0.2, 0.25) is 0 Å². The van der Waals surface area contributed by atoms with E-state index in [4.69, 9.17) is 5.73 Å². The Balaban J connectivity index is 2.20. The lowest BCUT2D eigenvalue weighted by atomic mass is 10.0. The van der Waals surface area contributed by atoms with Crippen molar-refractivity contribution in [3.8, 4) is 6.07 Å². The minimum Gasteiger partial charge on any atom is -0.397 e. The first-order valence-electron chi connectivity index (χ1n) is 9.22. The molecular weight excluding hydrogens is 406 g/mol. The number of hydrogen-bond donors (Lipinski definition) is 4. The molecule has 1 heterocycles. The number of carbonyl (C=O) groups is 1. The van der Waals surface area contributed by atoms with Gasteiger partial charge in [0.25, 0.3) is 5.91 Å². The third-order valence-electron chi connectivity index (χ3n) is 4.52. The number of aliphatic hydroxyl groups is 1. The Hall–Kier alpha value is -3.16. The molecule has 1 atom stereocenters.